The number of hydrogen-bond donors (Lipinski definition) is 2. The van der Waals surface area contributed by atoms with Crippen molar-refractivity contribution in [3.63, 3.8) is 0 Å². The third kappa shape index (κ3) is 3.18. The molecular weight excluding hydrogens is 301 g/mol. The summed E-state index contributed by atoms with van der Waals surface area (Å²) in [5, 5.41) is 17.4. The Labute approximate surface area is 106 Å². The lowest BCUT2D eigenvalue weighted by Crippen LogP contribution is -2.21. The van der Waals surface area contributed by atoms with Gasteiger partial charge < -0.3 is 10.2 Å². The Morgan fingerprint density at radius 1 is 1.05 bits per heavy atom. The van der Waals surface area contributed by atoms with Gasteiger partial charge in [0.1, 0.15) is 5.82 Å². The van der Waals surface area contributed by atoms with Crippen molar-refractivity contribution in [2.24, 2.45) is 0 Å². The van der Waals surface area contributed by atoms with Crippen LogP contribution in [0.15, 0.2) is 12.1 Å². The monoisotopic (exact) mass is 306 g/mol. The quantitative estimate of drug-likeness (QED) is 0.826. The molecule has 0 saturated carbocycles. The number of rotatable bonds is 2. The number of carboxylic acid groups (broad SMARTS) is 1. The van der Waals surface area contributed by atoms with E-state index in [1.807, 2.05) is 0 Å². The van der Waals surface area contributed by atoms with E-state index in [1.165, 1.54) is 0 Å². The Morgan fingerprint density at radius 2 is 1.55 bits per heavy atom. The molecular formula is C10H5F7O3. The first-order valence-corrected chi connectivity index (χ1v) is 4.74. The summed E-state index contributed by atoms with van der Waals surface area (Å²) >= 11 is 0. The standard InChI is InChI=1S/C10H5F7O3/c11-5-2-3(9(12,13)14)1-4(10(15,16)17)6(5)7(18)8(19)20/h1-2,7,18H,(H,19,20). The number of aliphatic carboxylic acids is 1. The molecule has 1 rings (SSSR count). The van der Waals surface area contributed by atoms with E-state index in [-0.39, 0.29) is 6.07 Å². The normalized spacial score (nSPS) is 14.2. The van der Waals surface area contributed by atoms with E-state index < -0.39 is 53.0 Å². The maximum Gasteiger partial charge on any atom is 0.416 e. The Kier molecular flexibility index (Phi) is 3.99. The number of benzene rings is 1. The van der Waals surface area contributed by atoms with Crippen LogP contribution in [0.4, 0.5) is 30.7 Å². The molecule has 1 aromatic carbocycles. The summed E-state index contributed by atoms with van der Waals surface area (Å²) in [6.45, 7) is 0. The fourth-order valence-corrected chi connectivity index (χ4v) is 1.42. The van der Waals surface area contributed by atoms with E-state index in [4.69, 9.17) is 10.2 Å². The molecule has 0 heterocycles. The fourth-order valence-electron chi connectivity index (χ4n) is 1.42. The zero-order valence-corrected chi connectivity index (χ0v) is 9.18. The van der Waals surface area contributed by atoms with Gasteiger partial charge in [-0.15, -0.1) is 0 Å². The number of aliphatic hydroxyl groups excluding tert-OH is 1. The van der Waals surface area contributed by atoms with Gasteiger partial charge in [0.15, 0.2) is 6.10 Å². The summed E-state index contributed by atoms with van der Waals surface area (Å²) in [7, 11) is 0. The van der Waals surface area contributed by atoms with Crippen molar-refractivity contribution in [3.05, 3.63) is 34.6 Å². The second-order valence-corrected chi connectivity index (χ2v) is 3.66. The Balaban J connectivity index is 3.64. The Bertz CT molecular complexity index is 533. The molecule has 0 fully saturated rings. The van der Waals surface area contributed by atoms with Crippen molar-refractivity contribution in [1.29, 1.82) is 0 Å². The summed E-state index contributed by atoms with van der Waals surface area (Å²) in [5.74, 6) is -4.34. The summed E-state index contributed by atoms with van der Waals surface area (Å²) in [4.78, 5) is 10.4. The highest BCUT2D eigenvalue weighted by Gasteiger charge is 2.42. The van der Waals surface area contributed by atoms with E-state index in [1.54, 1.807) is 0 Å². The second kappa shape index (κ2) is 4.93. The van der Waals surface area contributed by atoms with Crippen LogP contribution < -0.4 is 0 Å². The van der Waals surface area contributed by atoms with Crippen LogP contribution in [0.2, 0.25) is 0 Å². The molecule has 0 radical (unpaired) electrons. The molecule has 10 heteroatoms. The van der Waals surface area contributed by atoms with Crippen LogP contribution in [-0.2, 0) is 17.1 Å². The summed E-state index contributed by atoms with van der Waals surface area (Å²) in [6, 6.07) is -0.763. The lowest BCUT2D eigenvalue weighted by molar-refractivity contribution is -0.150. The molecule has 1 unspecified atom stereocenters. The van der Waals surface area contributed by atoms with Gasteiger partial charge in [-0.2, -0.15) is 26.3 Å². The molecule has 112 valence electrons. The maximum atomic E-state index is 13.4. The lowest BCUT2D eigenvalue weighted by atomic mass is 9.98. The van der Waals surface area contributed by atoms with Gasteiger partial charge in [0.05, 0.1) is 11.1 Å². The average molecular weight is 306 g/mol. The first-order valence-electron chi connectivity index (χ1n) is 4.74. The first-order chi connectivity index (χ1) is 8.85. The summed E-state index contributed by atoms with van der Waals surface area (Å²) in [6.07, 6.45) is -13.7. The second-order valence-electron chi connectivity index (χ2n) is 3.66. The Hall–Kier alpha value is -1.84. The molecule has 0 spiro atoms. The predicted molar refractivity (Wildman–Crippen MR) is 49.0 cm³/mol. The summed E-state index contributed by atoms with van der Waals surface area (Å²) in [5.41, 5.74) is -5.90. The van der Waals surface area contributed by atoms with Gasteiger partial charge in [-0.25, -0.2) is 9.18 Å². The molecule has 0 saturated heterocycles. The molecule has 0 aliphatic heterocycles. The zero-order valence-electron chi connectivity index (χ0n) is 9.18. The van der Waals surface area contributed by atoms with Crippen LogP contribution in [0.5, 0.6) is 0 Å². The number of aliphatic hydroxyl groups is 1. The molecule has 3 nitrogen and oxygen atoms in total. The van der Waals surface area contributed by atoms with Gasteiger partial charge in [-0.05, 0) is 12.1 Å². The van der Waals surface area contributed by atoms with Crippen molar-refractivity contribution in [2.75, 3.05) is 0 Å². The minimum Gasteiger partial charge on any atom is -0.479 e. The molecule has 0 aromatic heterocycles. The highest BCUT2D eigenvalue weighted by Crippen LogP contribution is 2.40. The molecule has 0 aliphatic carbocycles. The van der Waals surface area contributed by atoms with Crippen molar-refractivity contribution in [1.82, 2.24) is 0 Å². The minimum absolute atomic E-state index is 0.309. The van der Waals surface area contributed by atoms with Gasteiger partial charge in [0.2, 0.25) is 0 Å². The molecule has 20 heavy (non-hydrogen) atoms. The number of hydrogen-bond acceptors (Lipinski definition) is 2. The molecule has 2 N–H and O–H groups in total. The third-order valence-electron chi connectivity index (χ3n) is 2.27. The predicted octanol–water partition coefficient (Wildman–Crippen LogP) is 2.98. The SMILES string of the molecule is O=C(O)C(O)c1c(F)cc(C(F)(F)F)cc1C(F)(F)F. The van der Waals surface area contributed by atoms with E-state index in [2.05, 4.69) is 0 Å². The Morgan fingerprint density at radius 3 is 1.90 bits per heavy atom. The van der Waals surface area contributed by atoms with Gasteiger partial charge >= 0.3 is 18.3 Å². The van der Waals surface area contributed by atoms with Crippen LogP contribution in [0.25, 0.3) is 0 Å². The van der Waals surface area contributed by atoms with Crippen molar-refractivity contribution >= 4 is 5.97 Å². The van der Waals surface area contributed by atoms with E-state index in [0.717, 1.165) is 0 Å². The first kappa shape index (κ1) is 16.2. The highest BCUT2D eigenvalue weighted by atomic mass is 19.4. The van der Waals surface area contributed by atoms with Crippen molar-refractivity contribution < 1.29 is 45.7 Å². The van der Waals surface area contributed by atoms with E-state index >= 15 is 0 Å². The number of alkyl halides is 6. The molecule has 0 aliphatic rings. The van der Waals surface area contributed by atoms with Gasteiger partial charge in [0, 0.05) is 5.56 Å². The molecule has 0 amide bonds. The fraction of sp³-hybridized carbons (Fsp3) is 0.300. The van der Waals surface area contributed by atoms with E-state index in [9.17, 15) is 35.5 Å². The molecule has 0 bridgehead atoms. The maximum absolute atomic E-state index is 13.4. The molecule has 1 aromatic rings. The van der Waals surface area contributed by atoms with Gasteiger partial charge in [-0.3, -0.25) is 0 Å². The average Bonchev–Trinajstić information content (AvgIpc) is 2.24. The van der Waals surface area contributed by atoms with Gasteiger partial charge in [0.25, 0.3) is 0 Å². The molecule has 1 atom stereocenters. The van der Waals surface area contributed by atoms with Crippen LogP contribution >= 0.6 is 0 Å². The lowest BCUT2D eigenvalue weighted by Gasteiger charge is -2.18. The smallest absolute Gasteiger partial charge is 0.416 e. The number of carbonyl (C=O) groups is 1. The largest absolute Gasteiger partial charge is 0.479 e. The van der Waals surface area contributed by atoms with Crippen LogP contribution in [0, 0.1) is 5.82 Å². The number of halogens is 7. The summed E-state index contributed by atoms with van der Waals surface area (Å²) < 4.78 is 88.0. The number of carboxylic acids is 1. The third-order valence-corrected chi connectivity index (χ3v) is 2.27. The van der Waals surface area contributed by atoms with Crippen LogP contribution in [0.3, 0.4) is 0 Å². The minimum atomic E-state index is -5.46. The van der Waals surface area contributed by atoms with Crippen LogP contribution in [0.1, 0.15) is 22.8 Å². The van der Waals surface area contributed by atoms with Crippen LogP contribution in [-0.4, -0.2) is 16.2 Å². The van der Waals surface area contributed by atoms with Crippen molar-refractivity contribution in [3.8, 4) is 0 Å². The topological polar surface area (TPSA) is 57.5 Å². The highest BCUT2D eigenvalue weighted by molar-refractivity contribution is 5.75. The van der Waals surface area contributed by atoms with Crippen molar-refractivity contribution in [2.45, 2.75) is 18.5 Å². The van der Waals surface area contributed by atoms with E-state index in [0.29, 0.717) is 0 Å². The van der Waals surface area contributed by atoms with Gasteiger partial charge in [-0.1, -0.05) is 0 Å². The zero-order chi connectivity index (χ0) is 15.9.